The number of rotatable bonds is 3. The Hall–Kier alpha value is -1.36. The van der Waals surface area contributed by atoms with Crippen molar-refractivity contribution in [3.8, 4) is 0 Å². The molecule has 1 rings (SSSR count). The van der Waals surface area contributed by atoms with Gasteiger partial charge >= 0.3 is 5.97 Å². The van der Waals surface area contributed by atoms with E-state index in [0.717, 1.165) is 6.42 Å². The van der Waals surface area contributed by atoms with Crippen LogP contribution in [-0.4, -0.2) is 46.7 Å². The minimum atomic E-state index is -1.07. The summed E-state index contributed by atoms with van der Waals surface area (Å²) in [5.74, 6) is -1.18. The summed E-state index contributed by atoms with van der Waals surface area (Å²) < 4.78 is 0. The van der Waals surface area contributed by atoms with Crippen LogP contribution in [0.3, 0.4) is 0 Å². The lowest BCUT2D eigenvalue weighted by molar-refractivity contribution is -0.133. The van der Waals surface area contributed by atoms with Crippen LogP contribution >= 0.6 is 0 Å². The van der Waals surface area contributed by atoms with Crippen molar-refractivity contribution in [3.05, 3.63) is 11.1 Å². The Kier molecular flexibility index (Phi) is 4.06. The molecule has 1 atom stereocenters. The molecule has 0 aliphatic carbocycles. The fourth-order valence-corrected chi connectivity index (χ4v) is 1.72. The zero-order chi connectivity index (χ0) is 12.3. The van der Waals surface area contributed by atoms with Gasteiger partial charge in [-0.25, -0.2) is 4.79 Å². The predicted molar refractivity (Wildman–Crippen MR) is 57.8 cm³/mol. The normalized spacial score (nSPS) is 21.9. The van der Waals surface area contributed by atoms with Gasteiger partial charge in [0.05, 0.1) is 0 Å². The highest BCUT2D eigenvalue weighted by molar-refractivity contribution is 6.01. The van der Waals surface area contributed by atoms with Crippen molar-refractivity contribution in [3.63, 3.8) is 0 Å². The second kappa shape index (κ2) is 5.12. The predicted octanol–water partition coefficient (Wildman–Crippen LogP) is 0.248. The number of aliphatic hydroxyl groups excluding tert-OH is 1. The van der Waals surface area contributed by atoms with Gasteiger partial charge in [0.2, 0.25) is 5.91 Å². The van der Waals surface area contributed by atoms with E-state index in [1.54, 1.807) is 4.90 Å². The fourth-order valence-electron chi connectivity index (χ4n) is 1.72. The molecule has 1 aliphatic heterocycles. The van der Waals surface area contributed by atoms with Crippen LogP contribution in [0.1, 0.15) is 20.3 Å². The Labute approximate surface area is 94.4 Å². The van der Waals surface area contributed by atoms with Crippen LogP contribution in [0.25, 0.3) is 0 Å². The number of likely N-dealkylation sites (tertiary alicyclic amines) is 1. The van der Waals surface area contributed by atoms with E-state index in [1.165, 1.54) is 13.8 Å². The number of aliphatic hydroxyl groups is 1. The van der Waals surface area contributed by atoms with Crippen LogP contribution in [0, 0.1) is 5.92 Å². The summed E-state index contributed by atoms with van der Waals surface area (Å²) in [7, 11) is 0. The van der Waals surface area contributed by atoms with Crippen LogP contribution in [0.15, 0.2) is 11.1 Å². The zero-order valence-electron chi connectivity index (χ0n) is 9.56. The number of carboxylic acid groups (broad SMARTS) is 1. The molecule has 90 valence electrons. The second-order valence-corrected chi connectivity index (χ2v) is 4.14. The molecule has 0 aromatic carbocycles. The van der Waals surface area contributed by atoms with E-state index in [9.17, 15) is 9.59 Å². The number of carbonyl (C=O) groups is 2. The van der Waals surface area contributed by atoms with Crippen molar-refractivity contribution >= 4 is 11.9 Å². The number of carboxylic acids is 1. The SMILES string of the molecule is CC(C(=O)O)=C(C)C(=O)N1CCC(CO)C1. The van der Waals surface area contributed by atoms with E-state index in [-0.39, 0.29) is 29.6 Å². The van der Waals surface area contributed by atoms with E-state index in [4.69, 9.17) is 10.2 Å². The van der Waals surface area contributed by atoms with Gasteiger partial charge in [-0.15, -0.1) is 0 Å². The summed E-state index contributed by atoms with van der Waals surface area (Å²) in [5.41, 5.74) is 0.350. The lowest BCUT2D eigenvalue weighted by atomic mass is 10.1. The lowest BCUT2D eigenvalue weighted by Crippen LogP contribution is -2.30. The minimum absolute atomic E-state index is 0.0739. The molecular formula is C11H17NO4. The largest absolute Gasteiger partial charge is 0.478 e. The van der Waals surface area contributed by atoms with Gasteiger partial charge in [-0.05, 0) is 20.3 Å². The number of aliphatic carboxylic acids is 1. The summed E-state index contributed by atoms with van der Waals surface area (Å²) in [6.45, 7) is 4.13. The van der Waals surface area contributed by atoms with Gasteiger partial charge in [0.15, 0.2) is 0 Å². The molecule has 1 aliphatic rings. The minimum Gasteiger partial charge on any atom is -0.478 e. The molecule has 0 bridgehead atoms. The molecule has 5 heteroatoms. The quantitative estimate of drug-likeness (QED) is 0.677. The van der Waals surface area contributed by atoms with Crippen molar-refractivity contribution in [2.24, 2.45) is 5.92 Å². The van der Waals surface area contributed by atoms with Gasteiger partial charge in [0.1, 0.15) is 0 Å². The van der Waals surface area contributed by atoms with Gasteiger partial charge in [-0.3, -0.25) is 4.79 Å². The lowest BCUT2D eigenvalue weighted by Gasteiger charge is -2.17. The van der Waals surface area contributed by atoms with E-state index in [2.05, 4.69) is 0 Å². The molecule has 0 spiro atoms. The summed E-state index contributed by atoms with van der Waals surface area (Å²) in [6, 6.07) is 0. The molecule has 2 N–H and O–H groups in total. The first-order valence-corrected chi connectivity index (χ1v) is 5.28. The maximum Gasteiger partial charge on any atom is 0.331 e. The van der Waals surface area contributed by atoms with Crippen molar-refractivity contribution in [2.75, 3.05) is 19.7 Å². The number of hydrogen-bond donors (Lipinski definition) is 2. The first-order chi connectivity index (χ1) is 7.47. The second-order valence-electron chi connectivity index (χ2n) is 4.14. The Balaban J connectivity index is 2.73. The van der Waals surface area contributed by atoms with Crippen LogP contribution in [0.5, 0.6) is 0 Å². The van der Waals surface area contributed by atoms with Crippen molar-refractivity contribution < 1.29 is 19.8 Å². The highest BCUT2D eigenvalue weighted by Gasteiger charge is 2.27. The molecule has 16 heavy (non-hydrogen) atoms. The third-order valence-corrected chi connectivity index (χ3v) is 3.04. The molecular weight excluding hydrogens is 210 g/mol. The molecule has 0 saturated carbocycles. The third kappa shape index (κ3) is 2.61. The van der Waals surface area contributed by atoms with Crippen molar-refractivity contribution in [1.82, 2.24) is 4.90 Å². The molecule has 1 heterocycles. The Morgan fingerprint density at radius 2 is 1.94 bits per heavy atom. The average Bonchev–Trinajstić information content (AvgIpc) is 2.74. The van der Waals surface area contributed by atoms with Crippen LogP contribution in [-0.2, 0) is 9.59 Å². The van der Waals surface area contributed by atoms with Gasteiger partial charge in [0.25, 0.3) is 0 Å². The average molecular weight is 227 g/mol. The first kappa shape index (κ1) is 12.7. The topological polar surface area (TPSA) is 77.8 Å². The molecule has 1 saturated heterocycles. The maximum absolute atomic E-state index is 11.9. The van der Waals surface area contributed by atoms with E-state index in [1.807, 2.05) is 0 Å². The highest BCUT2D eigenvalue weighted by atomic mass is 16.4. The highest BCUT2D eigenvalue weighted by Crippen LogP contribution is 2.18. The van der Waals surface area contributed by atoms with E-state index in [0.29, 0.717) is 13.1 Å². The van der Waals surface area contributed by atoms with Crippen LogP contribution < -0.4 is 0 Å². The molecule has 0 radical (unpaired) electrons. The molecule has 1 fully saturated rings. The summed E-state index contributed by atoms with van der Waals surface area (Å²) >= 11 is 0. The third-order valence-electron chi connectivity index (χ3n) is 3.04. The number of carbonyl (C=O) groups excluding carboxylic acids is 1. The summed E-state index contributed by atoms with van der Waals surface area (Å²) in [4.78, 5) is 24.2. The van der Waals surface area contributed by atoms with Gasteiger partial charge < -0.3 is 15.1 Å². The van der Waals surface area contributed by atoms with Gasteiger partial charge in [-0.1, -0.05) is 0 Å². The van der Waals surface area contributed by atoms with Gasteiger partial charge in [-0.2, -0.15) is 0 Å². The first-order valence-electron chi connectivity index (χ1n) is 5.28. The van der Waals surface area contributed by atoms with Crippen LogP contribution in [0.4, 0.5) is 0 Å². The molecule has 0 aromatic heterocycles. The molecule has 1 amide bonds. The molecule has 5 nitrogen and oxygen atoms in total. The monoisotopic (exact) mass is 227 g/mol. The molecule has 0 aromatic rings. The number of nitrogens with zero attached hydrogens (tertiary/aromatic N) is 1. The van der Waals surface area contributed by atoms with E-state index < -0.39 is 5.97 Å². The molecule has 1 unspecified atom stereocenters. The Morgan fingerprint density at radius 1 is 1.31 bits per heavy atom. The Morgan fingerprint density at radius 3 is 2.38 bits per heavy atom. The van der Waals surface area contributed by atoms with E-state index >= 15 is 0 Å². The number of hydrogen-bond acceptors (Lipinski definition) is 3. The fraction of sp³-hybridized carbons (Fsp3) is 0.636. The van der Waals surface area contributed by atoms with Crippen LogP contribution in [0.2, 0.25) is 0 Å². The van der Waals surface area contributed by atoms with Crippen molar-refractivity contribution in [1.29, 1.82) is 0 Å². The smallest absolute Gasteiger partial charge is 0.331 e. The standard InChI is InChI=1S/C11H17NO4/c1-7(8(2)11(15)16)10(14)12-4-3-9(5-12)6-13/h9,13H,3-6H2,1-2H3,(H,15,16). The summed E-state index contributed by atoms with van der Waals surface area (Å²) in [5, 5.41) is 17.7. The maximum atomic E-state index is 11.9. The zero-order valence-corrected chi connectivity index (χ0v) is 9.56. The van der Waals surface area contributed by atoms with Gasteiger partial charge in [0, 0.05) is 36.8 Å². The number of amides is 1. The van der Waals surface area contributed by atoms with Crippen molar-refractivity contribution in [2.45, 2.75) is 20.3 Å². The summed E-state index contributed by atoms with van der Waals surface area (Å²) in [6.07, 6.45) is 0.779. The Bertz CT molecular complexity index is 335.